The van der Waals surface area contributed by atoms with Gasteiger partial charge in [0.25, 0.3) is 5.91 Å². The van der Waals surface area contributed by atoms with Gasteiger partial charge in [0.05, 0.1) is 12.7 Å². The van der Waals surface area contributed by atoms with E-state index >= 15 is 0 Å². The number of aliphatic carboxylic acids is 1. The predicted molar refractivity (Wildman–Crippen MR) is 71.7 cm³/mol. The molecule has 6 heteroatoms. The molecule has 0 fully saturated rings. The minimum absolute atomic E-state index is 0.109. The van der Waals surface area contributed by atoms with E-state index in [9.17, 15) is 9.59 Å². The molecule has 0 radical (unpaired) electrons. The average molecular weight is 277 g/mol. The van der Waals surface area contributed by atoms with Gasteiger partial charge in [-0.1, -0.05) is 0 Å². The summed E-state index contributed by atoms with van der Waals surface area (Å²) in [4.78, 5) is 22.6. The number of benzene rings is 1. The fourth-order valence-electron chi connectivity index (χ4n) is 1.76. The highest BCUT2D eigenvalue weighted by molar-refractivity contribution is 6.00. The van der Waals surface area contributed by atoms with Gasteiger partial charge in [-0.05, 0) is 31.2 Å². The number of hydrogen-bond donors (Lipinski definition) is 2. The van der Waals surface area contributed by atoms with Crippen LogP contribution < -0.4 is 14.8 Å². The second kappa shape index (κ2) is 5.64. The number of nitrogens with one attached hydrogen (secondary N) is 1. The number of methoxy groups -OCH3 is 1. The largest absolute Gasteiger partial charge is 0.497 e. The van der Waals surface area contributed by atoms with Gasteiger partial charge in [-0.2, -0.15) is 0 Å². The third kappa shape index (κ3) is 2.90. The standard InChI is InChI=1S/C14H15NO5/c1-8(14(17)18)15-13(16)10-5-9-6-11(19-2)3-4-12(9)20-7-10/h3-6,8H,7H2,1-2H3,(H,15,16)(H,17,18)/t8-/m1/s1. The summed E-state index contributed by atoms with van der Waals surface area (Å²) in [5.41, 5.74) is 1.10. The average Bonchev–Trinajstić information content (AvgIpc) is 2.45. The third-order valence-electron chi connectivity index (χ3n) is 2.94. The lowest BCUT2D eigenvalue weighted by Gasteiger charge is -2.19. The Bertz CT molecular complexity index is 579. The van der Waals surface area contributed by atoms with Crippen LogP contribution in [0.5, 0.6) is 11.5 Å². The maximum atomic E-state index is 11.9. The Hall–Kier alpha value is -2.50. The second-order valence-corrected chi connectivity index (χ2v) is 4.40. The number of carboxylic acid groups (broad SMARTS) is 1. The molecule has 0 spiro atoms. The second-order valence-electron chi connectivity index (χ2n) is 4.40. The molecule has 20 heavy (non-hydrogen) atoms. The molecule has 0 saturated carbocycles. The number of amides is 1. The number of ether oxygens (including phenoxy) is 2. The lowest BCUT2D eigenvalue weighted by Crippen LogP contribution is -2.40. The van der Waals surface area contributed by atoms with E-state index in [4.69, 9.17) is 14.6 Å². The fraction of sp³-hybridized carbons (Fsp3) is 0.286. The molecule has 1 aromatic carbocycles. The van der Waals surface area contributed by atoms with Crippen molar-refractivity contribution in [2.24, 2.45) is 0 Å². The highest BCUT2D eigenvalue weighted by atomic mass is 16.5. The maximum Gasteiger partial charge on any atom is 0.325 e. The molecule has 2 rings (SSSR count). The number of carboxylic acids is 1. The van der Waals surface area contributed by atoms with Crippen LogP contribution in [0, 0.1) is 0 Å². The van der Waals surface area contributed by atoms with Gasteiger partial charge in [0.1, 0.15) is 24.1 Å². The molecule has 1 atom stereocenters. The summed E-state index contributed by atoms with van der Waals surface area (Å²) in [5.74, 6) is -0.219. The fourth-order valence-corrected chi connectivity index (χ4v) is 1.76. The van der Waals surface area contributed by atoms with Gasteiger partial charge in [-0.25, -0.2) is 0 Å². The van der Waals surface area contributed by atoms with Crippen LogP contribution in [-0.2, 0) is 9.59 Å². The van der Waals surface area contributed by atoms with Crippen molar-refractivity contribution in [2.45, 2.75) is 13.0 Å². The Balaban J connectivity index is 2.19. The maximum absolute atomic E-state index is 11.9. The molecule has 0 aliphatic carbocycles. The molecular formula is C14H15NO5. The molecule has 1 heterocycles. The van der Waals surface area contributed by atoms with Gasteiger partial charge >= 0.3 is 5.97 Å². The van der Waals surface area contributed by atoms with Crippen LogP contribution >= 0.6 is 0 Å². The summed E-state index contributed by atoms with van der Waals surface area (Å²) in [6.45, 7) is 1.51. The van der Waals surface area contributed by atoms with Crippen molar-refractivity contribution in [3.8, 4) is 11.5 Å². The highest BCUT2D eigenvalue weighted by Crippen LogP contribution is 2.29. The van der Waals surface area contributed by atoms with Crippen molar-refractivity contribution < 1.29 is 24.2 Å². The summed E-state index contributed by atoms with van der Waals surface area (Å²) < 4.78 is 10.6. The molecule has 0 bridgehead atoms. The molecule has 106 valence electrons. The van der Waals surface area contributed by atoms with Gasteiger partial charge in [-0.15, -0.1) is 0 Å². The van der Waals surface area contributed by atoms with Crippen molar-refractivity contribution in [1.29, 1.82) is 0 Å². The Morgan fingerprint density at radius 1 is 1.45 bits per heavy atom. The number of carbonyl (C=O) groups excluding carboxylic acids is 1. The summed E-state index contributed by atoms with van der Waals surface area (Å²) in [5, 5.41) is 11.2. The van der Waals surface area contributed by atoms with E-state index < -0.39 is 17.9 Å². The van der Waals surface area contributed by atoms with E-state index in [0.29, 0.717) is 17.1 Å². The van der Waals surface area contributed by atoms with Crippen LogP contribution in [-0.4, -0.2) is 36.7 Å². The lowest BCUT2D eigenvalue weighted by molar-refractivity contribution is -0.140. The summed E-state index contributed by atoms with van der Waals surface area (Å²) >= 11 is 0. The Morgan fingerprint density at radius 2 is 2.20 bits per heavy atom. The van der Waals surface area contributed by atoms with Crippen molar-refractivity contribution in [1.82, 2.24) is 5.32 Å². The first-order chi connectivity index (χ1) is 9.51. The zero-order valence-corrected chi connectivity index (χ0v) is 11.2. The van der Waals surface area contributed by atoms with Crippen molar-refractivity contribution in [2.75, 3.05) is 13.7 Å². The van der Waals surface area contributed by atoms with E-state index in [1.807, 2.05) is 0 Å². The zero-order valence-electron chi connectivity index (χ0n) is 11.2. The SMILES string of the molecule is COc1ccc2c(c1)C=C(C(=O)N[C@H](C)C(=O)O)CO2. The quantitative estimate of drug-likeness (QED) is 0.859. The minimum atomic E-state index is -1.09. The Morgan fingerprint density at radius 3 is 2.85 bits per heavy atom. The first-order valence-corrected chi connectivity index (χ1v) is 6.06. The molecule has 1 aromatic rings. The minimum Gasteiger partial charge on any atom is -0.497 e. The van der Waals surface area contributed by atoms with E-state index in [0.717, 1.165) is 5.56 Å². The van der Waals surface area contributed by atoms with E-state index in [2.05, 4.69) is 5.32 Å². The molecule has 2 N–H and O–H groups in total. The van der Waals surface area contributed by atoms with Crippen LogP contribution in [0.4, 0.5) is 0 Å². The van der Waals surface area contributed by atoms with Crippen LogP contribution in [0.1, 0.15) is 12.5 Å². The molecule has 1 aliphatic rings. The van der Waals surface area contributed by atoms with Crippen LogP contribution in [0.2, 0.25) is 0 Å². The summed E-state index contributed by atoms with van der Waals surface area (Å²) in [6, 6.07) is 4.33. The van der Waals surface area contributed by atoms with Crippen LogP contribution in [0.15, 0.2) is 23.8 Å². The monoisotopic (exact) mass is 277 g/mol. The van der Waals surface area contributed by atoms with Crippen LogP contribution in [0.25, 0.3) is 6.08 Å². The Kier molecular flexibility index (Phi) is 3.93. The molecule has 1 amide bonds. The summed E-state index contributed by atoms with van der Waals surface area (Å²) in [6.07, 6.45) is 1.67. The van der Waals surface area contributed by atoms with Gasteiger partial charge < -0.3 is 19.9 Å². The number of rotatable bonds is 4. The first-order valence-electron chi connectivity index (χ1n) is 6.06. The lowest BCUT2D eigenvalue weighted by atomic mass is 10.1. The summed E-state index contributed by atoms with van der Waals surface area (Å²) in [7, 11) is 1.55. The molecule has 0 saturated heterocycles. The van der Waals surface area contributed by atoms with Crippen molar-refractivity contribution >= 4 is 18.0 Å². The molecule has 0 aromatic heterocycles. The first kappa shape index (κ1) is 13.9. The topological polar surface area (TPSA) is 84.9 Å². The highest BCUT2D eigenvalue weighted by Gasteiger charge is 2.21. The number of hydrogen-bond acceptors (Lipinski definition) is 4. The zero-order chi connectivity index (χ0) is 14.7. The van der Waals surface area contributed by atoms with Gasteiger partial charge in [0.15, 0.2) is 0 Å². The molecule has 1 aliphatic heterocycles. The molecule has 6 nitrogen and oxygen atoms in total. The van der Waals surface area contributed by atoms with Gasteiger partial charge in [-0.3, -0.25) is 9.59 Å². The number of carbonyl (C=O) groups is 2. The third-order valence-corrected chi connectivity index (χ3v) is 2.94. The smallest absolute Gasteiger partial charge is 0.325 e. The van der Waals surface area contributed by atoms with Gasteiger partial charge in [0.2, 0.25) is 0 Å². The van der Waals surface area contributed by atoms with Gasteiger partial charge in [0, 0.05) is 5.56 Å². The van der Waals surface area contributed by atoms with Crippen molar-refractivity contribution in [3.63, 3.8) is 0 Å². The van der Waals surface area contributed by atoms with E-state index in [-0.39, 0.29) is 6.61 Å². The molecule has 0 unspecified atom stereocenters. The normalized spacial score (nSPS) is 14.4. The van der Waals surface area contributed by atoms with Crippen molar-refractivity contribution in [3.05, 3.63) is 29.3 Å². The number of fused-ring (bicyclic) bond motifs is 1. The van der Waals surface area contributed by atoms with E-state index in [1.165, 1.54) is 6.92 Å². The Labute approximate surface area is 116 Å². The molecular weight excluding hydrogens is 262 g/mol. The van der Waals surface area contributed by atoms with E-state index in [1.54, 1.807) is 31.4 Å². The predicted octanol–water partition coefficient (Wildman–Crippen LogP) is 1.06. The van der Waals surface area contributed by atoms with Crippen LogP contribution in [0.3, 0.4) is 0 Å².